The normalized spacial score (nSPS) is 17.4. The van der Waals surface area contributed by atoms with Gasteiger partial charge in [-0.1, -0.05) is 25.5 Å². The Balaban J connectivity index is 2.05. The summed E-state index contributed by atoms with van der Waals surface area (Å²) in [6.07, 6.45) is 3.98. The highest BCUT2D eigenvalue weighted by Crippen LogP contribution is 2.41. The lowest BCUT2D eigenvalue weighted by Gasteiger charge is -2.21. The summed E-state index contributed by atoms with van der Waals surface area (Å²) in [6, 6.07) is 7.59. The SMILES string of the molecule is CCC[C@@H](N)C(=O)NC(c1ccc(OC)cc1)C1CC1. The molecule has 1 aromatic rings. The van der Waals surface area contributed by atoms with Crippen LogP contribution < -0.4 is 15.8 Å². The smallest absolute Gasteiger partial charge is 0.237 e. The zero-order chi connectivity index (χ0) is 14.5. The first-order valence-electron chi connectivity index (χ1n) is 7.35. The lowest BCUT2D eigenvalue weighted by molar-refractivity contribution is -0.123. The van der Waals surface area contributed by atoms with Gasteiger partial charge in [-0.3, -0.25) is 4.79 Å². The second-order valence-electron chi connectivity index (χ2n) is 5.49. The summed E-state index contributed by atoms with van der Waals surface area (Å²) in [5, 5.41) is 3.11. The number of nitrogens with one attached hydrogen (secondary N) is 1. The Bertz CT molecular complexity index is 440. The molecule has 20 heavy (non-hydrogen) atoms. The second kappa shape index (κ2) is 6.75. The molecule has 3 N–H and O–H groups in total. The molecule has 2 rings (SSSR count). The minimum Gasteiger partial charge on any atom is -0.497 e. The van der Waals surface area contributed by atoms with E-state index in [9.17, 15) is 4.79 Å². The Kier molecular flexibility index (Phi) is 5.01. The molecular formula is C16H24N2O2. The molecule has 4 heteroatoms. The summed E-state index contributed by atoms with van der Waals surface area (Å²) in [7, 11) is 1.65. The molecule has 1 unspecified atom stereocenters. The number of nitrogens with two attached hydrogens (primary N) is 1. The van der Waals surface area contributed by atoms with Gasteiger partial charge in [0, 0.05) is 0 Å². The predicted molar refractivity (Wildman–Crippen MR) is 79.5 cm³/mol. The molecule has 0 aliphatic heterocycles. The fraction of sp³-hybridized carbons (Fsp3) is 0.562. The number of ether oxygens (including phenoxy) is 1. The van der Waals surface area contributed by atoms with Crippen molar-refractivity contribution >= 4 is 5.91 Å². The highest BCUT2D eigenvalue weighted by Gasteiger charge is 2.34. The van der Waals surface area contributed by atoms with E-state index in [2.05, 4.69) is 5.32 Å². The molecule has 2 atom stereocenters. The first-order chi connectivity index (χ1) is 9.65. The number of methoxy groups -OCH3 is 1. The largest absolute Gasteiger partial charge is 0.497 e. The van der Waals surface area contributed by atoms with E-state index in [-0.39, 0.29) is 11.9 Å². The van der Waals surface area contributed by atoms with Gasteiger partial charge >= 0.3 is 0 Å². The van der Waals surface area contributed by atoms with Crippen molar-refractivity contribution in [3.8, 4) is 5.75 Å². The van der Waals surface area contributed by atoms with E-state index in [0.29, 0.717) is 5.92 Å². The third kappa shape index (κ3) is 3.73. The van der Waals surface area contributed by atoms with Crippen molar-refractivity contribution in [3.63, 3.8) is 0 Å². The van der Waals surface area contributed by atoms with Gasteiger partial charge in [-0.15, -0.1) is 0 Å². The van der Waals surface area contributed by atoms with Crippen LogP contribution in [0.1, 0.15) is 44.2 Å². The molecule has 0 spiro atoms. The van der Waals surface area contributed by atoms with Crippen LogP contribution in [0.5, 0.6) is 5.75 Å². The molecule has 0 heterocycles. The Hall–Kier alpha value is -1.55. The molecule has 4 nitrogen and oxygen atoms in total. The van der Waals surface area contributed by atoms with Gasteiger partial charge in [0.25, 0.3) is 0 Å². The van der Waals surface area contributed by atoms with Crippen molar-refractivity contribution in [2.45, 2.75) is 44.7 Å². The summed E-state index contributed by atoms with van der Waals surface area (Å²) in [5.74, 6) is 1.33. The third-order valence-corrected chi connectivity index (χ3v) is 3.80. The highest BCUT2D eigenvalue weighted by atomic mass is 16.5. The van der Waals surface area contributed by atoms with Crippen LogP contribution in [0.25, 0.3) is 0 Å². The summed E-state index contributed by atoms with van der Waals surface area (Å²) >= 11 is 0. The van der Waals surface area contributed by atoms with E-state index < -0.39 is 6.04 Å². The van der Waals surface area contributed by atoms with E-state index in [0.717, 1.165) is 24.2 Å². The maximum atomic E-state index is 12.1. The van der Waals surface area contributed by atoms with Crippen molar-refractivity contribution in [3.05, 3.63) is 29.8 Å². The number of benzene rings is 1. The summed E-state index contributed by atoms with van der Waals surface area (Å²) in [6.45, 7) is 2.04. The van der Waals surface area contributed by atoms with Crippen LogP contribution in [0, 0.1) is 5.92 Å². The molecule has 0 bridgehead atoms. The van der Waals surface area contributed by atoms with E-state index in [4.69, 9.17) is 10.5 Å². The molecule has 1 fully saturated rings. The fourth-order valence-corrected chi connectivity index (χ4v) is 2.42. The number of carbonyl (C=O) groups is 1. The van der Waals surface area contributed by atoms with Crippen molar-refractivity contribution in [1.82, 2.24) is 5.32 Å². The Morgan fingerprint density at radius 1 is 1.40 bits per heavy atom. The number of amides is 1. The topological polar surface area (TPSA) is 64.4 Å². The maximum Gasteiger partial charge on any atom is 0.237 e. The van der Waals surface area contributed by atoms with Crippen LogP contribution in [0.3, 0.4) is 0 Å². The lowest BCUT2D eigenvalue weighted by atomic mass is 10.0. The molecule has 0 aromatic heterocycles. The van der Waals surface area contributed by atoms with Crippen LogP contribution in [-0.2, 0) is 4.79 Å². The lowest BCUT2D eigenvalue weighted by Crippen LogP contribution is -2.42. The van der Waals surface area contributed by atoms with E-state index in [1.807, 2.05) is 31.2 Å². The molecule has 110 valence electrons. The minimum absolute atomic E-state index is 0.0421. The summed E-state index contributed by atoms with van der Waals surface area (Å²) in [5.41, 5.74) is 7.02. The molecule has 1 aliphatic rings. The summed E-state index contributed by atoms with van der Waals surface area (Å²) < 4.78 is 5.17. The first kappa shape index (κ1) is 14.9. The standard InChI is InChI=1S/C16H24N2O2/c1-3-4-14(17)16(19)18-15(11-5-6-11)12-7-9-13(20-2)10-8-12/h7-11,14-15H,3-6,17H2,1-2H3,(H,18,19)/t14-,15?/m1/s1. The van der Waals surface area contributed by atoms with Gasteiger partial charge in [0.05, 0.1) is 19.2 Å². The van der Waals surface area contributed by atoms with Gasteiger partial charge < -0.3 is 15.8 Å². The fourth-order valence-electron chi connectivity index (χ4n) is 2.42. The Morgan fingerprint density at radius 3 is 2.55 bits per heavy atom. The summed E-state index contributed by atoms with van der Waals surface area (Å²) in [4.78, 5) is 12.1. The molecule has 1 aromatic carbocycles. The predicted octanol–water partition coefficient (Wildman–Crippen LogP) is 2.39. The van der Waals surface area contributed by atoms with Crippen molar-refractivity contribution in [1.29, 1.82) is 0 Å². The van der Waals surface area contributed by atoms with Gasteiger partial charge in [0.2, 0.25) is 5.91 Å². The molecule has 1 aliphatic carbocycles. The number of hydrogen-bond acceptors (Lipinski definition) is 3. The van der Waals surface area contributed by atoms with E-state index >= 15 is 0 Å². The van der Waals surface area contributed by atoms with Crippen LogP contribution in [-0.4, -0.2) is 19.1 Å². The molecular weight excluding hydrogens is 252 g/mol. The third-order valence-electron chi connectivity index (χ3n) is 3.80. The van der Waals surface area contributed by atoms with Crippen LogP contribution >= 0.6 is 0 Å². The molecule has 1 saturated carbocycles. The van der Waals surface area contributed by atoms with Crippen LogP contribution in [0.15, 0.2) is 24.3 Å². The van der Waals surface area contributed by atoms with Gasteiger partial charge in [-0.05, 0) is 42.9 Å². The molecule has 0 radical (unpaired) electrons. The Labute approximate surface area is 120 Å². The monoisotopic (exact) mass is 276 g/mol. The maximum absolute atomic E-state index is 12.1. The first-order valence-corrected chi connectivity index (χ1v) is 7.35. The van der Waals surface area contributed by atoms with Gasteiger partial charge in [-0.25, -0.2) is 0 Å². The van der Waals surface area contributed by atoms with Crippen molar-refractivity contribution in [2.24, 2.45) is 11.7 Å². The van der Waals surface area contributed by atoms with Gasteiger partial charge in [0.1, 0.15) is 5.75 Å². The van der Waals surface area contributed by atoms with Crippen molar-refractivity contribution < 1.29 is 9.53 Å². The van der Waals surface area contributed by atoms with E-state index in [1.54, 1.807) is 7.11 Å². The molecule has 1 amide bonds. The van der Waals surface area contributed by atoms with Crippen LogP contribution in [0.4, 0.5) is 0 Å². The van der Waals surface area contributed by atoms with E-state index in [1.165, 1.54) is 12.8 Å². The second-order valence-corrected chi connectivity index (χ2v) is 5.49. The minimum atomic E-state index is -0.403. The van der Waals surface area contributed by atoms with Crippen LogP contribution in [0.2, 0.25) is 0 Å². The zero-order valence-corrected chi connectivity index (χ0v) is 12.3. The van der Waals surface area contributed by atoms with Gasteiger partial charge in [0.15, 0.2) is 0 Å². The Morgan fingerprint density at radius 2 is 2.05 bits per heavy atom. The average molecular weight is 276 g/mol. The number of carbonyl (C=O) groups excluding carboxylic acids is 1. The van der Waals surface area contributed by atoms with Crippen molar-refractivity contribution in [2.75, 3.05) is 7.11 Å². The van der Waals surface area contributed by atoms with Gasteiger partial charge in [-0.2, -0.15) is 0 Å². The highest BCUT2D eigenvalue weighted by molar-refractivity contribution is 5.81. The number of hydrogen-bond donors (Lipinski definition) is 2. The number of rotatable bonds is 7. The molecule has 0 saturated heterocycles. The zero-order valence-electron chi connectivity index (χ0n) is 12.3. The average Bonchev–Trinajstić information content (AvgIpc) is 3.29. The quantitative estimate of drug-likeness (QED) is 0.803.